The fourth-order valence-electron chi connectivity index (χ4n) is 2.94. The van der Waals surface area contributed by atoms with Gasteiger partial charge in [0.2, 0.25) is 11.8 Å². The molecule has 0 unspecified atom stereocenters. The van der Waals surface area contributed by atoms with Gasteiger partial charge in [-0.05, 0) is 48.7 Å². The predicted octanol–water partition coefficient (Wildman–Crippen LogP) is 3.09. The van der Waals surface area contributed by atoms with E-state index in [2.05, 4.69) is 10.2 Å². The SMILES string of the molecule is CCN(CC(=O)Nc1ccc(N2CCOCC2)cc1)C(=O)C=Cc1cccs1. The average Bonchev–Trinajstić information content (AvgIpc) is 3.25. The summed E-state index contributed by atoms with van der Waals surface area (Å²) in [6.07, 6.45) is 3.29. The lowest BCUT2D eigenvalue weighted by molar-refractivity contribution is -0.130. The van der Waals surface area contributed by atoms with Gasteiger partial charge in [0.25, 0.3) is 0 Å². The maximum Gasteiger partial charge on any atom is 0.247 e. The van der Waals surface area contributed by atoms with Gasteiger partial charge in [-0.25, -0.2) is 0 Å². The first kappa shape index (κ1) is 20.1. The zero-order valence-electron chi connectivity index (χ0n) is 16.0. The van der Waals surface area contributed by atoms with E-state index >= 15 is 0 Å². The van der Waals surface area contributed by atoms with E-state index in [1.807, 2.05) is 48.7 Å². The van der Waals surface area contributed by atoms with Crippen molar-refractivity contribution in [3.63, 3.8) is 0 Å². The number of anilines is 2. The molecule has 1 aliphatic rings. The third-order valence-electron chi connectivity index (χ3n) is 4.49. The lowest BCUT2D eigenvalue weighted by Gasteiger charge is -2.29. The standard InChI is InChI=1S/C21H25N3O3S/c1-2-23(21(26)10-9-19-4-3-15-28-19)16-20(25)22-17-5-7-18(8-6-17)24-11-13-27-14-12-24/h3-10,15H,2,11-14,16H2,1H3,(H,22,25). The summed E-state index contributed by atoms with van der Waals surface area (Å²) in [5, 5.41) is 4.82. The Kier molecular flexibility index (Phi) is 7.22. The van der Waals surface area contributed by atoms with Crippen LogP contribution in [0, 0.1) is 0 Å². The predicted molar refractivity (Wildman–Crippen MR) is 114 cm³/mol. The molecule has 7 heteroatoms. The van der Waals surface area contributed by atoms with Crippen LogP contribution in [-0.2, 0) is 14.3 Å². The number of hydrogen-bond acceptors (Lipinski definition) is 5. The highest BCUT2D eigenvalue weighted by Crippen LogP contribution is 2.19. The van der Waals surface area contributed by atoms with Crippen LogP contribution in [0.3, 0.4) is 0 Å². The van der Waals surface area contributed by atoms with E-state index in [1.165, 1.54) is 11.0 Å². The lowest BCUT2D eigenvalue weighted by Crippen LogP contribution is -2.37. The van der Waals surface area contributed by atoms with Crippen LogP contribution in [0.5, 0.6) is 0 Å². The van der Waals surface area contributed by atoms with Gasteiger partial charge in [0.1, 0.15) is 6.54 Å². The minimum Gasteiger partial charge on any atom is -0.378 e. The van der Waals surface area contributed by atoms with Crippen LogP contribution in [0.2, 0.25) is 0 Å². The number of likely N-dealkylation sites (N-methyl/N-ethyl adjacent to an activating group) is 1. The quantitative estimate of drug-likeness (QED) is 0.727. The van der Waals surface area contributed by atoms with E-state index in [0.29, 0.717) is 6.54 Å². The van der Waals surface area contributed by atoms with Crippen molar-refractivity contribution in [3.8, 4) is 0 Å². The molecule has 2 amide bonds. The summed E-state index contributed by atoms with van der Waals surface area (Å²) in [5.41, 5.74) is 1.84. The summed E-state index contributed by atoms with van der Waals surface area (Å²) in [4.78, 5) is 29.5. The van der Waals surface area contributed by atoms with Crippen molar-refractivity contribution >= 4 is 40.6 Å². The second-order valence-corrected chi connectivity index (χ2v) is 7.37. The van der Waals surface area contributed by atoms with Crippen molar-refractivity contribution in [1.82, 2.24) is 4.90 Å². The van der Waals surface area contributed by atoms with Crippen molar-refractivity contribution < 1.29 is 14.3 Å². The molecule has 0 atom stereocenters. The van der Waals surface area contributed by atoms with E-state index in [4.69, 9.17) is 4.74 Å². The molecule has 1 saturated heterocycles. The van der Waals surface area contributed by atoms with Gasteiger partial charge in [0.05, 0.1) is 13.2 Å². The van der Waals surface area contributed by atoms with Gasteiger partial charge in [0, 0.05) is 42.0 Å². The highest BCUT2D eigenvalue weighted by molar-refractivity contribution is 7.10. The fraction of sp³-hybridized carbons (Fsp3) is 0.333. The Labute approximate surface area is 169 Å². The Balaban J connectivity index is 1.52. The van der Waals surface area contributed by atoms with Gasteiger partial charge in [0.15, 0.2) is 0 Å². The summed E-state index contributed by atoms with van der Waals surface area (Å²) >= 11 is 1.56. The molecule has 2 aromatic rings. The molecule has 0 radical (unpaired) electrons. The van der Waals surface area contributed by atoms with Gasteiger partial charge in [-0.1, -0.05) is 6.07 Å². The molecule has 1 fully saturated rings. The molecular formula is C21H25N3O3S. The Hall–Kier alpha value is -2.64. The minimum atomic E-state index is -0.209. The number of morpholine rings is 1. The molecule has 1 aliphatic heterocycles. The lowest BCUT2D eigenvalue weighted by atomic mass is 10.2. The molecule has 2 heterocycles. The second-order valence-electron chi connectivity index (χ2n) is 6.40. The first-order chi connectivity index (χ1) is 13.7. The molecule has 1 aromatic carbocycles. The normalized spacial score (nSPS) is 14.2. The molecule has 0 bridgehead atoms. The second kappa shape index (κ2) is 10.1. The largest absolute Gasteiger partial charge is 0.378 e. The van der Waals surface area contributed by atoms with Crippen molar-refractivity contribution in [2.24, 2.45) is 0 Å². The van der Waals surface area contributed by atoms with Gasteiger partial charge in [-0.2, -0.15) is 0 Å². The third kappa shape index (κ3) is 5.68. The van der Waals surface area contributed by atoms with Gasteiger partial charge >= 0.3 is 0 Å². The van der Waals surface area contributed by atoms with Crippen LogP contribution in [0.15, 0.2) is 47.9 Å². The number of thiophene rings is 1. The number of nitrogens with zero attached hydrogens (tertiary/aromatic N) is 2. The molecule has 28 heavy (non-hydrogen) atoms. The van der Waals surface area contributed by atoms with Crippen LogP contribution >= 0.6 is 11.3 Å². The topological polar surface area (TPSA) is 61.9 Å². The number of hydrogen-bond donors (Lipinski definition) is 1. The summed E-state index contributed by atoms with van der Waals surface area (Å²) in [5.74, 6) is -0.382. The number of rotatable bonds is 7. The Morgan fingerprint density at radius 1 is 1.21 bits per heavy atom. The van der Waals surface area contributed by atoms with Crippen molar-refractivity contribution in [1.29, 1.82) is 0 Å². The smallest absolute Gasteiger partial charge is 0.247 e. The number of ether oxygens (including phenoxy) is 1. The number of nitrogens with one attached hydrogen (secondary N) is 1. The molecular weight excluding hydrogens is 374 g/mol. The van der Waals surface area contributed by atoms with E-state index in [9.17, 15) is 9.59 Å². The van der Waals surface area contributed by atoms with Gasteiger partial charge in [-0.15, -0.1) is 11.3 Å². The van der Waals surface area contributed by atoms with E-state index < -0.39 is 0 Å². The summed E-state index contributed by atoms with van der Waals surface area (Å²) in [7, 11) is 0. The number of benzene rings is 1. The van der Waals surface area contributed by atoms with Gasteiger partial charge in [-0.3, -0.25) is 9.59 Å². The maximum absolute atomic E-state index is 12.4. The van der Waals surface area contributed by atoms with E-state index in [0.717, 1.165) is 42.6 Å². The third-order valence-corrected chi connectivity index (χ3v) is 5.33. The van der Waals surface area contributed by atoms with Crippen LogP contribution < -0.4 is 10.2 Å². The minimum absolute atomic E-state index is 0.0231. The maximum atomic E-state index is 12.4. The highest BCUT2D eigenvalue weighted by Gasteiger charge is 2.14. The molecule has 148 valence electrons. The molecule has 1 N–H and O–H groups in total. The zero-order valence-corrected chi connectivity index (χ0v) is 16.8. The zero-order chi connectivity index (χ0) is 19.8. The van der Waals surface area contributed by atoms with E-state index in [1.54, 1.807) is 17.4 Å². The molecule has 0 spiro atoms. The van der Waals surface area contributed by atoms with Crippen molar-refractivity contribution in [2.75, 3.05) is 49.6 Å². The monoisotopic (exact) mass is 399 g/mol. The molecule has 3 rings (SSSR count). The average molecular weight is 400 g/mol. The number of carbonyl (C=O) groups excluding carboxylic acids is 2. The molecule has 1 aromatic heterocycles. The summed E-state index contributed by atoms with van der Waals surface area (Å²) < 4.78 is 5.37. The van der Waals surface area contributed by atoms with Crippen LogP contribution in [0.4, 0.5) is 11.4 Å². The Bertz CT molecular complexity index is 797. The van der Waals surface area contributed by atoms with Gasteiger partial charge < -0.3 is 19.9 Å². The van der Waals surface area contributed by atoms with Crippen molar-refractivity contribution in [3.05, 3.63) is 52.7 Å². The van der Waals surface area contributed by atoms with Crippen LogP contribution in [-0.4, -0.2) is 56.1 Å². The first-order valence-electron chi connectivity index (χ1n) is 9.39. The Morgan fingerprint density at radius 2 is 1.96 bits per heavy atom. The number of carbonyl (C=O) groups is 2. The number of amides is 2. The summed E-state index contributed by atoms with van der Waals surface area (Å²) in [6.45, 7) is 5.57. The Morgan fingerprint density at radius 3 is 2.61 bits per heavy atom. The summed E-state index contributed by atoms with van der Waals surface area (Å²) in [6, 6.07) is 11.6. The first-order valence-corrected chi connectivity index (χ1v) is 10.3. The molecule has 0 saturated carbocycles. The fourth-order valence-corrected chi connectivity index (χ4v) is 3.56. The van der Waals surface area contributed by atoms with Crippen LogP contribution in [0.1, 0.15) is 11.8 Å². The van der Waals surface area contributed by atoms with Crippen LogP contribution in [0.25, 0.3) is 6.08 Å². The van der Waals surface area contributed by atoms with Crippen molar-refractivity contribution in [2.45, 2.75) is 6.92 Å². The van der Waals surface area contributed by atoms with E-state index in [-0.39, 0.29) is 18.4 Å². The molecule has 0 aliphatic carbocycles. The molecule has 6 nitrogen and oxygen atoms in total. The highest BCUT2D eigenvalue weighted by atomic mass is 32.1.